The van der Waals surface area contributed by atoms with Crippen LogP contribution >= 0.6 is 0 Å². The molecule has 2 rings (SSSR count). The molecule has 0 bridgehead atoms. The van der Waals surface area contributed by atoms with E-state index in [1.165, 1.54) is 0 Å². The number of benzene rings is 1. The van der Waals surface area contributed by atoms with Gasteiger partial charge in [-0.05, 0) is 31.4 Å². The molecule has 0 aromatic heterocycles. The summed E-state index contributed by atoms with van der Waals surface area (Å²) in [4.78, 5) is 11.4. The number of hydrogen-bond donors (Lipinski definition) is 2. The smallest absolute Gasteiger partial charge is 0.227 e. The Morgan fingerprint density at radius 3 is 2.79 bits per heavy atom. The fraction of sp³-hybridized carbons (Fsp3) is 0.364. The number of phenols is 1. The maximum Gasteiger partial charge on any atom is 0.227 e. The van der Waals surface area contributed by atoms with Crippen LogP contribution in [0.5, 0.6) is 5.75 Å². The van der Waals surface area contributed by atoms with Crippen molar-refractivity contribution in [1.29, 1.82) is 0 Å². The summed E-state index contributed by atoms with van der Waals surface area (Å²) >= 11 is 0. The van der Waals surface area contributed by atoms with Gasteiger partial charge in [-0.3, -0.25) is 4.79 Å². The molecule has 1 saturated carbocycles. The van der Waals surface area contributed by atoms with Crippen molar-refractivity contribution in [3.05, 3.63) is 23.8 Å². The quantitative estimate of drug-likeness (QED) is 0.751. The highest BCUT2D eigenvalue weighted by Crippen LogP contribution is 2.30. The second kappa shape index (κ2) is 3.33. The molecule has 3 heteroatoms. The second-order valence-corrected chi connectivity index (χ2v) is 3.76. The molecule has 1 fully saturated rings. The highest BCUT2D eigenvalue weighted by molar-refractivity contribution is 5.94. The van der Waals surface area contributed by atoms with Gasteiger partial charge < -0.3 is 10.4 Å². The zero-order valence-corrected chi connectivity index (χ0v) is 8.08. The number of aryl methyl sites for hydroxylation is 1. The molecule has 0 radical (unpaired) electrons. The predicted molar refractivity (Wildman–Crippen MR) is 54.2 cm³/mol. The van der Waals surface area contributed by atoms with E-state index >= 15 is 0 Å². The highest BCUT2D eigenvalue weighted by atomic mass is 16.3. The largest absolute Gasteiger partial charge is 0.508 e. The van der Waals surface area contributed by atoms with Gasteiger partial charge in [0.2, 0.25) is 5.91 Å². The highest BCUT2D eigenvalue weighted by Gasteiger charge is 2.29. The van der Waals surface area contributed by atoms with Crippen LogP contribution in [0.15, 0.2) is 18.2 Å². The van der Waals surface area contributed by atoms with Crippen molar-refractivity contribution in [1.82, 2.24) is 0 Å². The number of aromatic hydroxyl groups is 1. The fourth-order valence-corrected chi connectivity index (χ4v) is 1.28. The first-order chi connectivity index (χ1) is 6.66. The maximum atomic E-state index is 11.4. The summed E-state index contributed by atoms with van der Waals surface area (Å²) in [5, 5.41) is 12.2. The Bertz CT molecular complexity index is 370. The van der Waals surface area contributed by atoms with Gasteiger partial charge in [-0.2, -0.15) is 0 Å². The van der Waals surface area contributed by atoms with Gasteiger partial charge >= 0.3 is 0 Å². The first-order valence-electron chi connectivity index (χ1n) is 4.77. The van der Waals surface area contributed by atoms with E-state index in [1.807, 2.05) is 6.92 Å². The van der Waals surface area contributed by atoms with Crippen molar-refractivity contribution < 1.29 is 9.90 Å². The van der Waals surface area contributed by atoms with Gasteiger partial charge in [0.05, 0.1) is 0 Å². The van der Waals surface area contributed by atoms with E-state index in [4.69, 9.17) is 0 Å². The van der Waals surface area contributed by atoms with E-state index in [2.05, 4.69) is 5.32 Å². The van der Waals surface area contributed by atoms with E-state index in [-0.39, 0.29) is 17.6 Å². The normalized spacial score (nSPS) is 15.2. The van der Waals surface area contributed by atoms with Crippen LogP contribution in [-0.4, -0.2) is 11.0 Å². The van der Waals surface area contributed by atoms with Gasteiger partial charge in [-0.1, -0.05) is 6.07 Å². The summed E-state index contributed by atoms with van der Waals surface area (Å²) in [6.45, 7) is 1.82. The number of hydrogen-bond acceptors (Lipinski definition) is 2. The third kappa shape index (κ3) is 1.87. The van der Waals surface area contributed by atoms with Gasteiger partial charge in [-0.15, -0.1) is 0 Å². The molecule has 0 saturated heterocycles. The Morgan fingerprint density at radius 1 is 1.50 bits per heavy atom. The summed E-state index contributed by atoms with van der Waals surface area (Å²) in [5.41, 5.74) is 1.49. The standard InChI is InChI=1S/C11H13NO2/c1-7-2-5-9(6-10(7)13)12-11(14)8-3-4-8/h2,5-6,8,13H,3-4H2,1H3,(H,12,14). The molecule has 3 nitrogen and oxygen atoms in total. The Kier molecular flexibility index (Phi) is 2.15. The van der Waals surface area contributed by atoms with Crippen molar-refractivity contribution in [3.63, 3.8) is 0 Å². The van der Waals surface area contributed by atoms with Crippen LogP contribution in [0, 0.1) is 12.8 Å². The molecule has 74 valence electrons. The summed E-state index contributed by atoms with van der Waals surface area (Å²) in [5.74, 6) is 0.477. The van der Waals surface area contributed by atoms with Gasteiger partial charge in [0.25, 0.3) is 0 Å². The lowest BCUT2D eigenvalue weighted by Crippen LogP contribution is -2.13. The second-order valence-electron chi connectivity index (χ2n) is 3.76. The molecule has 0 atom stereocenters. The zero-order valence-electron chi connectivity index (χ0n) is 8.08. The minimum atomic E-state index is 0.0632. The molecular formula is C11H13NO2. The van der Waals surface area contributed by atoms with Gasteiger partial charge in [0.15, 0.2) is 0 Å². The Morgan fingerprint density at radius 2 is 2.21 bits per heavy atom. The monoisotopic (exact) mass is 191 g/mol. The van der Waals surface area contributed by atoms with Crippen molar-refractivity contribution >= 4 is 11.6 Å². The van der Waals surface area contributed by atoms with E-state index in [0.29, 0.717) is 5.69 Å². The average molecular weight is 191 g/mol. The van der Waals surface area contributed by atoms with Gasteiger partial charge in [0.1, 0.15) is 5.75 Å². The van der Waals surface area contributed by atoms with E-state index in [1.54, 1.807) is 18.2 Å². The third-order valence-corrected chi connectivity index (χ3v) is 2.42. The zero-order chi connectivity index (χ0) is 10.1. The number of carbonyl (C=O) groups excluding carboxylic acids is 1. The number of anilines is 1. The van der Waals surface area contributed by atoms with Crippen LogP contribution in [0.1, 0.15) is 18.4 Å². The van der Waals surface area contributed by atoms with Gasteiger partial charge in [0, 0.05) is 17.7 Å². The predicted octanol–water partition coefficient (Wildman–Crippen LogP) is 2.05. The number of amides is 1. The van der Waals surface area contributed by atoms with E-state index in [0.717, 1.165) is 18.4 Å². The molecular weight excluding hydrogens is 178 g/mol. The van der Waals surface area contributed by atoms with Crippen LogP contribution in [0.4, 0.5) is 5.69 Å². The SMILES string of the molecule is Cc1ccc(NC(=O)C2CC2)cc1O. The summed E-state index contributed by atoms with van der Waals surface area (Å²) in [6, 6.07) is 5.17. The molecule has 1 aliphatic rings. The summed E-state index contributed by atoms with van der Waals surface area (Å²) in [7, 11) is 0. The third-order valence-electron chi connectivity index (χ3n) is 2.42. The van der Waals surface area contributed by atoms with Crippen LogP contribution in [0.3, 0.4) is 0 Å². The maximum absolute atomic E-state index is 11.4. The van der Waals surface area contributed by atoms with Crippen molar-refractivity contribution in [2.24, 2.45) is 5.92 Å². The molecule has 1 aliphatic carbocycles. The molecule has 0 heterocycles. The minimum absolute atomic E-state index is 0.0632. The fourth-order valence-electron chi connectivity index (χ4n) is 1.28. The number of phenolic OH excluding ortho intramolecular Hbond substituents is 1. The molecule has 0 aliphatic heterocycles. The van der Waals surface area contributed by atoms with Crippen molar-refractivity contribution in [3.8, 4) is 5.75 Å². The van der Waals surface area contributed by atoms with E-state index in [9.17, 15) is 9.90 Å². The number of carbonyl (C=O) groups is 1. The number of rotatable bonds is 2. The van der Waals surface area contributed by atoms with E-state index < -0.39 is 0 Å². The van der Waals surface area contributed by atoms with Crippen molar-refractivity contribution in [2.75, 3.05) is 5.32 Å². The molecule has 2 N–H and O–H groups in total. The molecule has 0 spiro atoms. The lowest BCUT2D eigenvalue weighted by atomic mass is 10.2. The lowest BCUT2D eigenvalue weighted by molar-refractivity contribution is -0.117. The van der Waals surface area contributed by atoms with Gasteiger partial charge in [-0.25, -0.2) is 0 Å². The summed E-state index contributed by atoms with van der Waals surface area (Å²) < 4.78 is 0. The first kappa shape index (κ1) is 9.06. The molecule has 1 aromatic carbocycles. The van der Waals surface area contributed by atoms with Crippen LogP contribution in [0.25, 0.3) is 0 Å². The average Bonchev–Trinajstić information content (AvgIpc) is 2.94. The molecule has 0 unspecified atom stereocenters. The lowest BCUT2D eigenvalue weighted by Gasteiger charge is -2.05. The molecule has 14 heavy (non-hydrogen) atoms. The molecule has 1 aromatic rings. The molecule has 1 amide bonds. The van der Waals surface area contributed by atoms with Crippen molar-refractivity contribution in [2.45, 2.75) is 19.8 Å². The number of nitrogens with one attached hydrogen (secondary N) is 1. The Hall–Kier alpha value is -1.51. The minimum Gasteiger partial charge on any atom is -0.508 e. The van der Waals surface area contributed by atoms with Crippen LogP contribution in [0.2, 0.25) is 0 Å². The first-order valence-corrected chi connectivity index (χ1v) is 4.77. The summed E-state index contributed by atoms with van der Waals surface area (Å²) in [6.07, 6.45) is 1.98. The Balaban J connectivity index is 2.08. The van der Waals surface area contributed by atoms with Crippen LogP contribution < -0.4 is 5.32 Å². The Labute approximate surface area is 82.8 Å². The van der Waals surface area contributed by atoms with Crippen LogP contribution in [-0.2, 0) is 4.79 Å². The topological polar surface area (TPSA) is 49.3 Å².